The second kappa shape index (κ2) is 10.2. The topological polar surface area (TPSA) is 9.23 Å². The first kappa shape index (κ1) is 29.2. The van der Waals surface area contributed by atoms with Gasteiger partial charge in [0.1, 0.15) is 0 Å². The second-order valence-electron chi connectivity index (χ2n) is 10.7. The normalized spacial score (nSPS) is 22.7. The number of ether oxygens (including phenoxy) is 1. The maximum Gasteiger partial charge on any atom is -1.00 e. The number of rotatable bonds is 5. The molecule has 0 bridgehead atoms. The van der Waals surface area contributed by atoms with E-state index in [9.17, 15) is 0 Å². The largest absolute Gasteiger partial charge is 1.00 e. The summed E-state index contributed by atoms with van der Waals surface area (Å²) in [5.74, 6) is 0. The van der Waals surface area contributed by atoms with Crippen LogP contribution >= 0.6 is 0 Å². The number of allylic oxidation sites excluding steroid dienone is 5. The molecule has 0 saturated heterocycles. The van der Waals surface area contributed by atoms with Crippen LogP contribution < -0.4 is 24.8 Å². The number of hydrogen-bond donors (Lipinski definition) is 0. The Balaban J connectivity index is 0.00000392. The van der Waals surface area contributed by atoms with Crippen LogP contribution in [0.1, 0.15) is 81.6 Å². The average molecular weight is 474 g/mol. The van der Waals surface area contributed by atoms with Gasteiger partial charge >= 0.3 is 180 Å². The van der Waals surface area contributed by atoms with Crippen molar-refractivity contribution in [3.8, 4) is 0 Å². The summed E-state index contributed by atoms with van der Waals surface area (Å²) < 4.78 is 8.35. The molecule has 0 fully saturated rings. The Bertz CT molecular complexity index is 699. The zero-order valence-corrected chi connectivity index (χ0v) is 22.9. The van der Waals surface area contributed by atoms with E-state index in [4.69, 9.17) is 4.74 Å². The van der Waals surface area contributed by atoms with E-state index in [-0.39, 0.29) is 46.7 Å². The molecule has 1 atom stereocenters. The minimum atomic E-state index is -0.304. The van der Waals surface area contributed by atoms with E-state index in [2.05, 4.69) is 107 Å². The SMILES string of the molecule is CCCOC1(C(C)(C)C2=[C]([Ti+2])CC=C2)CC=C(C(C)(C)C)C=C1C(C)(C)C.[Cl-].[Cl-]. The van der Waals surface area contributed by atoms with E-state index < -0.39 is 0 Å². The molecule has 0 aliphatic heterocycles. The fraction of sp³-hybridized carbons (Fsp3) is 0.680. The summed E-state index contributed by atoms with van der Waals surface area (Å²) in [6, 6.07) is 0. The predicted octanol–water partition coefficient (Wildman–Crippen LogP) is 1.30. The summed E-state index contributed by atoms with van der Waals surface area (Å²) >= 11 is 2.28. The molecule has 2 rings (SSSR count). The quantitative estimate of drug-likeness (QED) is 0.546. The molecule has 0 aromatic rings. The molecule has 0 spiro atoms. The minimum Gasteiger partial charge on any atom is -1.00 e. The molecule has 0 aromatic carbocycles. The van der Waals surface area contributed by atoms with Gasteiger partial charge in [0.15, 0.2) is 0 Å². The van der Waals surface area contributed by atoms with E-state index in [1.54, 1.807) is 0 Å². The molecule has 2 aliphatic rings. The number of halogens is 2. The fourth-order valence-electron chi connectivity index (χ4n) is 4.53. The molecule has 2 aliphatic carbocycles. The van der Waals surface area contributed by atoms with Crippen LogP contribution in [0, 0.1) is 16.2 Å². The van der Waals surface area contributed by atoms with Crippen LogP contribution in [0.15, 0.2) is 44.9 Å². The molecule has 0 amide bonds. The Morgan fingerprint density at radius 3 is 2.00 bits per heavy atom. The molecule has 0 saturated carbocycles. The van der Waals surface area contributed by atoms with Gasteiger partial charge in [0.25, 0.3) is 0 Å². The summed E-state index contributed by atoms with van der Waals surface area (Å²) in [6.07, 6.45) is 12.6. The van der Waals surface area contributed by atoms with Crippen molar-refractivity contribution in [2.24, 2.45) is 16.2 Å². The van der Waals surface area contributed by atoms with Crippen molar-refractivity contribution < 1.29 is 50.0 Å². The van der Waals surface area contributed by atoms with E-state index in [0.29, 0.717) is 0 Å². The zero-order chi connectivity index (χ0) is 20.7. The van der Waals surface area contributed by atoms with Crippen LogP contribution in [-0.4, -0.2) is 12.2 Å². The van der Waals surface area contributed by atoms with Crippen LogP contribution in [0.5, 0.6) is 0 Å². The standard InChI is InChI=1S/C25H39O.2ClH.Ti/c1-10-17-26-25(24(8,9)19-13-11-12-14-19)16-15-20(22(2,3)4)18-21(25)23(5,6)7;;;/h11,13,15,18H,10,12,16-17H2,1-9H3;2*1H;/q;;;+2/p-2. The van der Waals surface area contributed by atoms with Crippen molar-refractivity contribution in [1.29, 1.82) is 0 Å². The predicted molar refractivity (Wildman–Crippen MR) is 113 cm³/mol. The molecule has 0 heterocycles. The average Bonchev–Trinajstić information content (AvgIpc) is 2.97. The molecule has 0 aromatic heterocycles. The second-order valence-corrected chi connectivity index (χ2v) is 11.7. The third-order valence-electron chi connectivity index (χ3n) is 6.19. The molecule has 1 nitrogen and oxygen atoms in total. The van der Waals surface area contributed by atoms with Gasteiger partial charge in [0.2, 0.25) is 0 Å². The van der Waals surface area contributed by atoms with Crippen LogP contribution in [0.3, 0.4) is 0 Å². The van der Waals surface area contributed by atoms with Gasteiger partial charge < -0.3 is 24.8 Å². The molecule has 0 N–H and O–H groups in total. The maximum absolute atomic E-state index is 6.86. The molecular formula is C25H39Cl2OTi. The number of hydrogen-bond acceptors (Lipinski definition) is 1. The summed E-state index contributed by atoms with van der Waals surface area (Å²) in [6.45, 7) is 21.8. The van der Waals surface area contributed by atoms with E-state index in [1.165, 1.54) is 20.6 Å². The molecule has 163 valence electrons. The Kier molecular flexibility index (Phi) is 10.3. The van der Waals surface area contributed by atoms with Crippen LogP contribution in [-0.2, 0) is 25.2 Å². The van der Waals surface area contributed by atoms with Crippen molar-refractivity contribution in [3.63, 3.8) is 0 Å². The Morgan fingerprint density at radius 2 is 1.59 bits per heavy atom. The van der Waals surface area contributed by atoms with Gasteiger partial charge in [-0.1, -0.05) is 0 Å². The van der Waals surface area contributed by atoms with Crippen LogP contribution in [0.25, 0.3) is 0 Å². The molecule has 1 unspecified atom stereocenters. The summed E-state index contributed by atoms with van der Waals surface area (Å²) in [5.41, 5.74) is 4.15. The van der Waals surface area contributed by atoms with Gasteiger partial charge in [-0.3, -0.25) is 0 Å². The first-order valence-electron chi connectivity index (χ1n) is 10.5. The van der Waals surface area contributed by atoms with E-state index in [1.807, 2.05) is 0 Å². The van der Waals surface area contributed by atoms with E-state index in [0.717, 1.165) is 25.9 Å². The van der Waals surface area contributed by atoms with Gasteiger partial charge in [-0.25, -0.2) is 0 Å². The van der Waals surface area contributed by atoms with Gasteiger partial charge in [-0.15, -0.1) is 0 Å². The van der Waals surface area contributed by atoms with Crippen LogP contribution in [0.4, 0.5) is 0 Å². The maximum atomic E-state index is 6.86. The first-order valence-corrected chi connectivity index (χ1v) is 11.2. The summed E-state index contributed by atoms with van der Waals surface area (Å²) in [4.78, 5) is 0. The Morgan fingerprint density at radius 1 is 1.00 bits per heavy atom. The summed E-state index contributed by atoms with van der Waals surface area (Å²) in [5, 5.41) is 0. The molecular weight excluding hydrogens is 435 g/mol. The third-order valence-corrected chi connectivity index (χ3v) is 6.92. The minimum absolute atomic E-state index is 0. The van der Waals surface area contributed by atoms with Gasteiger partial charge in [-0.2, -0.15) is 0 Å². The smallest absolute Gasteiger partial charge is 1.00 e. The van der Waals surface area contributed by atoms with Crippen molar-refractivity contribution in [3.05, 3.63) is 44.9 Å². The van der Waals surface area contributed by atoms with Crippen molar-refractivity contribution in [1.82, 2.24) is 0 Å². The van der Waals surface area contributed by atoms with Gasteiger partial charge in [-0.05, 0) is 0 Å². The van der Waals surface area contributed by atoms with Crippen molar-refractivity contribution in [2.75, 3.05) is 6.61 Å². The van der Waals surface area contributed by atoms with Crippen molar-refractivity contribution >= 4 is 0 Å². The van der Waals surface area contributed by atoms with Crippen molar-refractivity contribution in [2.45, 2.75) is 87.2 Å². The van der Waals surface area contributed by atoms with Gasteiger partial charge in [0.05, 0.1) is 0 Å². The molecule has 4 heteroatoms. The monoisotopic (exact) mass is 473 g/mol. The third kappa shape index (κ3) is 5.72. The Hall–Kier alpha value is 0.214. The zero-order valence-electron chi connectivity index (χ0n) is 19.8. The van der Waals surface area contributed by atoms with Gasteiger partial charge in [0, 0.05) is 0 Å². The van der Waals surface area contributed by atoms with E-state index >= 15 is 0 Å². The summed E-state index contributed by atoms with van der Waals surface area (Å²) in [7, 11) is 0. The first-order chi connectivity index (χ1) is 12.3. The van der Waals surface area contributed by atoms with Crippen LogP contribution in [0.2, 0.25) is 0 Å². The Labute approximate surface area is 204 Å². The molecule has 29 heavy (non-hydrogen) atoms. The fourth-order valence-corrected chi connectivity index (χ4v) is 5.34. The molecule has 0 radical (unpaired) electrons.